The Morgan fingerprint density at radius 3 is 2.79 bits per heavy atom. The van der Waals surface area contributed by atoms with Crippen LogP contribution in [0.4, 0.5) is 0 Å². The van der Waals surface area contributed by atoms with Crippen LogP contribution < -0.4 is 5.32 Å². The molecule has 0 amide bonds. The summed E-state index contributed by atoms with van der Waals surface area (Å²) in [4.78, 5) is 5.27. The van der Waals surface area contributed by atoms with Crippen LogP contribution in [0, 0.1) is 0 Å². The third kappa shape index (κ3) is 3.91. The smallest absolute Gasteiger partial charge is 0.0630 e. The third-order valence-electron chi connectivity index (χ3n) is 4.86. The largest absolute Gasteiger partial charge is 0.383 e. The van der Waals surface area contributed by atoms with Gasteiger partial charge in [-0.15, -0.1) is 0 Å². The molecule has 2 aliphatic heterocycles. The fraction of sp³-hybridized carbons (Fsp3) is 1.00. The summed E-state index contributed by atoms with van der Waals surface area (Å²) in [7, 11) is 4.13. The van der Waals surface area contributed by atoms with Gasteiger partial charge in [-0.25, -0.2) is 0 Å². The molecular formula is C15H31N3O. The predicted molar refractivity (Wildman–Crippen MR) is 79.6 cm³/mol. The topological polar surface area (TPSA) is 27.7 Å². The number of hydrogen-bond donors (Lipinski definition) is 1. The normalized spacial score (nSPS) is 30.5. The van der Waals surface area contributed by atoms with Gasteiger partial charge in [0.1, 0.15) is 0 Å². The van der Waals surface area contributed by atoms with E-state index < -0.39 is 0 Å². The zero-order chi connectivity index (χ0) is 13.7. The second kappa shape index (κ2) is 7.58. The number of rotatable bonds is 7. The van der Waals surface area contributed by atoms with E-state index in [2.05, 4.69) is 29.1 Å². The first-order chi connectivity index (χ1) is 9.26. The van der Waals surface area contributed by atoms with Gasteiger partial charge < -0.3 is 10.1 Å². The van der Waals surface area contributed by atoms with E-state index in [1.54, 1.807) is 0 Å². The zero-order valence-electron chi connectivity index (χ0n) is 12.9. The van der Waals surface area contributed by atoms with E-state index in [1.807, 2.05) is 7.11 Å². The summed E-state index contributed by atoms with van der Waals surface area (Å²) in [5.41, 5.74) is 0. The molecule has 2 fully saturated rings. The average molecular weight is 269 g/mol. The molecule has 0 spiro atoms. The van der Waals surface area contributed by atoms with Crippen molar-refractivity contribution in [3.05, 3.63) is 0 Å². The molecule has 2 rings (SSSR count). The van der Waals surface area contributed by atoms with Crippen LogP contribution in [0.15, 0.2) is 0 Å². The van der Waals surface area contributed by atoms with Crippen molar-refractivity contribution in [1.29, 1.82) is 0 Å². The summed E-state index contributed by atoms with van der Waals surface area (Å²) in [6.45, 7) is 7.68. The van der Waals surface area contributed by atoms with Gasteiger partial charge in [-0.2, -0.15) is 0 Å². The maximum absolute atomic E-state index is 5.44. The van der Waals surface area contributed by atoms with E-state index in [0.29, 0.717) is 6.04 Å². The van der Waals surface area contributed by atoms with Gasteiger partial charge in [0.2, 0.25) is 0 Å². The standard InChI is InChI=1S/C15H31N3O/c1-4-8-16-10-15(12-19-3)18-9-7-13-5-6-14(11-18)17(13)2/h13-16H,4-12H2,1-3H3. The highest BCUT2D eigenvalue weighted by atomic mass is 16.5. The van der Waals surface area contributed by atoms with Crippen LogP contribution in [-0.2, 0) is 4.74 Å². The molecule has 0 aromatic heterocycles. The SMILES string of the molecule is CCCNCC(COC)N1CCC2CCC(C1)N2C. The molecule has 19 heavy (non-hydrogen) atoms. The molecule has 0 aromatic rings. The maximum atomic E-state index is 5.44. The fourth-order valence-corrected chi connectivity index (χ4v) is 3.60. The number of likely N-dealkylation sites (tertiary alicyclic amines) is 1. The lowest BCUT2D eigenvalue weighted by Gasteiger charge is -2.33. The second-order valence-electron chi connectivity index (χ2n) is 6.15. The first kappa shape index (κ1) is 15.2. The van der Waals surface area contributed by atoms with Gasteiger partial charge in [-0.05, 0) is 39.3 Å². The summed E-state index contributed by atoms with van der Waals surface area (Å²) < 4.78 is 5.44. The third-order valence-corrected chi connectivity index (χ3v) is 4.86. The Morgan fingerprint density at radius 2 is 2.05 bits per heavy atom. The Hall–Kier alpha value is -0.160. The van der Waals surface area contributed by atoms with Gasteiger partial charge in [-0.3, -0.25) is 9.80 Å². The second-order valence-corrected chi connectivity index (χ2v) is 6.15. The number of hydrogen-bond acceptors (Lipinski definition) is 4. The molecule has 2 heterocycles. The van der Waals surface area contributed by atoms with Gasteiger partial charge in [0.05, 0.1) is 6.61 Å². The van der Waals surface area contributed by atoms with Gasteiger partial charge >= 0.3 is 0 Å². The van der Waals surface area contributed by atoms with Crippen LogP contribution in [0.3, 0.4) is 0 Å². The molecule has 4 nitrogen and oxygen atoms in total. The van der Waals surface area contributed by atoms with E-state index in [4.69, 9.17) is 4.74 Å². The Balaban J connectivity index is 1.89. The molecule has 0 aliphatic carbocycles. The number of ether oxygens (including phenoxy) is 1. The highest BCUT2D eigenvalue weighted by Crippen LogP contribution is 2.29. The lowest BCUT2D eigenvalue weighted by Crippen LogP contribution is -2.48. The lowest BCUT2D eigenvalue weighted by molar-refractivity contribution is 0.0826. The van der Waals surface area contributed by atoms with Crippen LogP contribution in [0.5, 0.6) is 0 Å². The minimum absolute atomic E-state index is 0.532. The molecule has 1 N–H and O–H groups in total. The van der Waals surface area contributed by atoms with Crippen molar-refractivity contribution in [2.24, 2.45) is 0 Å². The van der Waals surface area contributed by atoms with Crippen LogP contribution in [0.25, 0.3) is 0 Å². The molecule has 3 unspecified atom stereocenters. The molecule has 0 aromatic carbocycles. The molecular weight excluding hydrogens is 238 g/mol. The maximum Gasteiger partial charge on any atom is 0.0630 e. The molecule has 112 valence electrons. The summed E-state index contributed by atoms with van der Waals surface area (Å²) >= 11 is 0. The van der Waals surface area contributed by atoms with E-state index in [1.165, 1.54) is 38.8 Å². The van der Waals surface area contributed by atoms with Crippen molar-refractivity contribution < 1.29 is 4.74 Å². The van der Waals surface area contributed by atoms with Crippen molar-refractivity contribution in [2.45, 2.75) is 50.7 Å². The van der Waals surface area contributed by atoms with Gasteiger partial charge in [0.25, 0.3) is 0 Å². The fourth-order valence-electron chi connectivity index (χ4n) is 3.60. The van der Waals surface area contributed by atoms with E-state index in [0.717, 1.165) is 31.8 Å². The molecule has 2 aliphatic rings. The van der Waals surface area contributed by atoms with Crippen molar-refractivity contribution in [1.82, 2.24) is 15.1 Å². The zero-order valence-corrected chi connectivity index (χ0v) is 12.9. The minimum Gasteiger partial charge on any atom is -0.383 e. The van der Waals surface area contributed by atoms with Crippen LogP contribution in [0.2, 0.25) is 0 Å². The number of methoxy groups -OCH3 is 1. The van der Waals surface area contributed by atoms with Crippen molar-refractivity contribution in [3.63, 3.8) is 0 Å². The Labute approximate surface area is 118 Å². The monoisotopic (exact) mass is 269 g/mol. The summed E-state index contributed by atoms with van der Waals surface area (Å²) in [6, 6.07) is 2.11. The number of nitrogens with one attached hydrogen (secondary N) is 1. The van der Waals surface area contributed by atoms with E-state index in [-0.39, 0.29) is 0 Å². The number of fused-ring (bicyclic) bond motifs is 2. The molecule has 2 bridgehead atoms. The molecule has 3 atom stereocenters. The van der Waals surface area contributed by atoms with Crippen molar-refractivity contribution in [2.75, 3.05) is 46.9 Å². The molecule has 0 saturated carbocycles. The van der Waals surface area contributed by atoms with Gasteiger partial charge in [-0.1, -0.05) is 6.92 Å². The van der Waals surface area contributed by atoms with E-state index in [9.17, 15) is 0 Å². The Bertz CT molecular complexity index is 262. The molecule has 2 saturated heterocycles. The molecule has 0 radical (unpaired) electrons. The van der Waals surface area contributed by atoms with Crippen molar-refractivity contribution in [3.8, 4) is 0 Å². The van der Waals surface area contributed by atoms with Gasteiger partial charge in [0, 0.05) is 44.9 Å². The first-order valence-electron chi connectivity index (χ1n) is 7.91. The summed E-state index contributed by atoms with van der Waals surface area (Å²) in [5.74, 6) is 0. The number of nitrogens with zero attached hydrogens (tertiary/aromatic N) is 2. The summed E-state index contributed by atoms with van der Waals surface area (Å²) in [5, 5.41) is 3.56. The highest BCUT2D eigenvalue weighted by molar-refractivity contribution is 4.93. The van der Waals surface area contributed by atoms with Crippen LogP contribution in [0.1, 0.15) is 32.6 Å². The first-order valence-corrected chi connectivity index (χ1v) is 7.91. The molecule has 4 heteroatoms. The Morgan fingerprint density at radius 1 is 1.26 bits per heavy atom. The van der Waals surface area contributed by atoms with Gasteiger partial charge in [0.15, 0.2) is 0 Å². The Kier molecular flexibility index (Phi) is 6.07. The lowest BCUT2D eigenvalue weighted by atomic mass is 10.1. The van der Waals surface area contributed by atoms with Crippen molar-refractivity contribution >= 4 is 0 Å². The average Bonchev–Trinajstić information content (AvgIpc) is 2.63. The quantitative estimate of drug-likeness (QED) is 0.702. The van der Waals surface area contributed by atoms with Crippen LogP contribution >= 0.6 is 0 Å². The van der Waals surface area contributed by atoms with Crippen LogP contribution in [-0.4, -0.2) is 74.9 Å². The number of likely N-dealkylation sites (N-methyl/N-ethyl adjacent to an activating group) is 1. The predicted octanol–water partition coefficient (Wildman–Crippen LogP) is 1.17. The van der Waals surface area contributed by atoms with E-state index >= 15 is 0 Å². The highest BCUT2D eigenvalue weighted by Gasteiger charge is 2.36. The minimum atomic E-state index is 0.532. The summed E-state index contributed by atoms with van der Waals surface area (Å²) in [6.07, 6.45) is 5.30.